The molecule has 0 heteroatoms. The van der Waals surface area contributed by atoms with E-state index in [4.69, 9.17) is 0 Å². The number of rotatable bonds is 0. The summed E-state index contributed by atoms with van der Waals surface area (Å²) in [5, 5.41) is 0. The molecule has 3 rings (SSSR count). The monoisotopic (exact) mass is 278 g/mol. The molecule has 0 amide bonds. The molecule has 110 valence electrons. The first-order valence-corrected chi connectivity index (χ1v) is 7.93. The van der Waals surface area contributed by atoms with Crippen molar-refractivity contribution in [2.24, 2.45) is 5.41 Å². The Hall–Kier alpha value is -1.56. The zero-order valence-electron chi connectivity index (χ0n) is 14.2. The van der Waals surface area contributed by atoms with Crippen molar-refractivity contribution in [3.63, 3.8) is 0 Å². The summed E-state index contributed by atoms with van der Waals surface area (Å²) < 4.78 is 0. The molecule has 0 aliphatic heterocycles. The Morgan fingerprint density at radius 1 is 0.762 bits per heavy atom. The summed E-state index contributed by atoms with van der Waals surface area (Å²) in [7, 11) is 0. The molecule has 21 heavy (non-hydrogen) atoms. The molecule has 0 saturated heterocycles. The fourth-order valence-electron chi connectivity index (χ4n) is 3.02. The lowest BCUT2D eigenvalue weighted by Gasteiger charge is -2.20. The molecule has 0 aromatic rings. The molecule has 0 atom stereocenters. The first-order valence-electron chi connectivity index (χ1n) is 7.93. The van der Waals surface area contributed by atoms with Crippen LogP contribution in [-0.2, 0) is 11.8 Å². The van der Waals surface area contributed by atoms with E-state index in [2.05, 4.69) is 78.0 Å². The molecule has 3 aliphatic rings. The van der Waals surface area contributed by atoms with E-state index in [1.54, 1.807) is 5.57 Å². The third-order valence-corrected chi connectivity index (χ3v) is 4.64. The van der Waals surface area contributed by atoms with Crippen LogP contribution in [0.5, 0.6) is 0 Å². The Bertz CT molecular complexity index is 687. The zero-order valence-corrected chi connectivity index (χ0v) is 14.2. The second kappa shape index (κ2) is 4.47. The molecule has 0 heterocycles. The molecule has 0 N–H and O–H groups in total. The Morgan fingerprint density at radius 2 is 1.43 bits per heavy atom. The Labute approximate surface area is 129 Å². The SMILES string of the molecule is CC(C)(C)C1=Cc2ccc3cc(C(C)(C)C)cc-3cc2C1. The third-order valence-electron chi connectivity index (χ3n) is 4.64. The summed E-state index contributed by atoms with van der Waals surface area (Å²) in [5.74, 6) is 0. The van der Waals surface area contributed by atoms with E-state index in [1.165, 1.54) is 27.8 Å². The van der Waals surface area contributed by atoms with Gasteiger partial charge in [-0.05, 0) is 45.1 Å². The van der Waals surface area contributed by atoms with Crippen LogP contribution in [0.3, 0.4) is 0 Å². The van der Waals surface area contributed by atoms with Crippen molar-refractivity contribution in [1.29, 1.82) is 0 Å². The second-order valence-corrected chi connectivity index (χ2v) is 8.46. The first-order chi connectivity index (χ1) is 9.64. The molecular weight excluding hydrogens is 252 g/mol. The first kappa shape index (κ1) is 14.4. The second-order valence-electron chi connectivity index (χ2n) is 8.46. The number of allylic oxidation sites excluding steroid dienone is 1. The zero-order chi connectivity index (χ0) is 15.4. The van der Waals surface area contributed by atoms with Crippen molar-refractivity contribution in [3.8, 4) is 11.1 Å². The summed E-state index contributed by atoms with van der Waals surface area (Å²) in [6, 6.07) is 11.7. The van der Waals surface area contributed by atoms with Crippen molar-refractivity contribution in [3.05, 3.63) is 52.6 Å². The predicted octanol–water partition coefficient (Wildman–Crippen LogP) is 6.07. The maximum absolute atomic E-state index is 2.40. The fraction of sp³-hybridized carbons (Fsp3) is 0.429. The Balaban J connectivity index is 2.08. The topological polar surface area (TPSA) is 0 Å². The molecule has 3 aliphatic carbocycles. The van der Waals surface area contributed by atoms with E-state index in [9.17, 15) is 0 Å². The molecule has 0 radical (unpaired) electrons. The highest BCUT2D eigenvalue weighted by Gasteiger charge is 2.24. The van der Waals surface area contributed by atoms with Crippen LogP contribution in [0.15, 0.2) is 35.9 Å². The van der Waals surface area contributed by atoms with Crippen LogP contribution in [0.25, 0.3) is 17.2 Å². The van der Waals surface area contributed by atoms with Gasteiger partial charge in [0.15, 0.2) is 0 Å². The van der Waals surface area contributed by atoms with Crippen LogP contribution in [-0.4, -0.2) is 0 Å². The van der Waals surface area contributed by atoms with Gasteiger partial charge in [0.05, 0.1) is 0 Å². The van der Waals surface area contributed by atoms with Gasteiger partial charge in [0.2, 0.25) is 0 Å². The van der Waals surface area contributed by atoms with E-state index in [1.807, 2.05) is 0 Å². The minimum absolute atomic E-state index is 0.218. The van der Waals surface area contributed by atoms with Crippen molar-refractivity contribution in [2.75, 3.05) is 0 Å². The Kier molecular flexibility index (Phi) is 3.06. The normalized spacial score (nSPS) is 15.2. The van der Waals surface area contributed by atoms with Crippen molar-refractivity contribution >= 4 is 6.08 Å². The van der Waals surface area contributed by atoms with E-state index in [0.717, 1.165) is 6.42 Å². The number of hydrogen-bond acceptors (Lipinski definition) is 0. The minimum Gasteiger partial charge on any atom is -0.0598 e. The average molecular weight is 278 g/mol. The van der Waals surface area contributed by atoms with Crippen molar-refractivity contribution in [1.82, 2.24) is 0 Å². The lowest BCUT2D eigenvalue weighted by Crippen LogP contribution is -2.08. The van der Waals surface area contributed by atoms with Gasteiger partial charge in [-0.3, -0.25) is 0 Å². The summed E-state index contributed by atoms with van der Waals surface area (Å²) in [5.41, 5.74) is 9.06. The third kappa shape index (κ3) is 2.64. The van der Waals surface area contributed by atoms with Gasteiger partial charge >= 0.3 is 0 Å². The largest absolute Gasteiger partial charge is 0.0598 e. The highest BCUT2D eigenvalue weighted by Crippen LogP contribution is 2.39. The minimum atomic E-state index is 0.218. The summed E-state index contributed by atoms with van der Waals surface area (Å²) in [4.78, 5) is 0. The van der Waals surface area contributed by atoms with Gasteiger partial charge in [-0.2, -0.15) is 0 Å². The highest BCUT2D eigenvalue weighted by atomic mass is 14.3. The van der Waals surface area contributed by atoms with Crippen molar-refractivity contribution in [2.45, 2.75) is 53.4 Å². The van der Waals surface area contributed by atoms with E-state index in [0.29, 0.717) is 0 Å². The van der Waals surface area contributed by atoms with Gasteiger partial charge in [0, 0.05) is 0 Å². The molecule has 0 aromatic heterocycles. The molecule has 0 spiro atoms. The summed E-state index contributed by atoms with van der Waals surface area (Å²) in [6.07, 6.45) is 3.48. The van der Waals surface area contributed by atoms with E-state index >= 15 is 0 Å². The molecule has 0 bridgehead atoms. The summed E-state index contributed by atoms with van der Waals surface area (Å²) >= 11 is 0. The quantitative estimate of drug-likeness (QED) is 0.548. The predicted molar refractivity (Wildman–Crippen MR) is 92.9 cm³/mol. The van der Waals surface area contributed by atoms with Gasteiger partial charge in [-0.15, -0.1) is 0 Å². The standard InChI is InChI=1S/C21H26/c1-20(2,3)18-10-14-7-8-15-11-19(21(4,5)6)13-17(15)9-16(14)12-18/h7-12H,13H2,1-6H3. The molecule has 0 aromatic carbocycles. The molecule has 0 unspecified atom stereocenters. The average Bonchev–Trinajstić information content (AvgIpc) is 2.88. The van der Waals surface area contributed by atoms with Crippen LogP contribution in [0.2, 0.25) is 0 Å². The summed E-state index contributed by atoms with van der Waals surface area (Å²) in [6.45, 7) is 13.8. The van der Waals surface area contributed by atoms with Crippen LogP contribution in [0, 0.1) is 5.41 Å². The lowest BCUT2D eigenvalue weighted by molar-refractivity contribution is 0.498. The Morgan fingerprint density at radius 3 is 2.05 bits per heavy atom. The van der Waals surface area contributed by atoms with Crippen LogP contribution in [0.4, 0.5) is 0 Å². The van der Waals surface area contributed by atoms with Gasteiger partial charge in [0.25, 0.3) is 0 Å². The van der Waals surface area contributed by atoms with Crippen LogP contribution >= 0.6 is 0 Å². The van der Waals surface area contributed by atoms with Gasteiger partial charge < -0.3 is 0 Å². The van der Waals surface area contributed by atoms with Crippen LogP contribution in [0.1, 0.15) is 58.2 Å². The van der Waals surface area contributed by atoms with E-state index in [-0.39, 0.29) is 10.8 Å². The maximum atomic E-state index is 2.40. The van der Waals surface area contributed by atoms with Crippen molar-refractivity contribution < 1.29 is 0 Å². The van der Waals surface area contributed by atoms with Crippen LogP contribution < -0.4 is 0 Å². The van der Waals surface area contributed by atoms with E-state index < -0.39 is 0 Å². The maximum Gasteiger partial charge on any atom is -0.00524 e. The molecule has 0 fully saturated rings. The highest BCUT2D eigenvalue weighted by molar-refractivity contribution is 5.74. The number of hydrogen-bond donors (Lipinski definition) is 0. The lowest BCUT2D eigenvalue weighted by atomic mass is 9.85. The van der Waals surface area contributed by atoms with Gasteiger partial charge in [0.1, 0.15) is 0 Å². The van der Waals surface area contributed by atoms with Gasteiger partial charge in [-0.25, -0.2) is 0 Å². The molecular formula is C21H26. The molecule has 0 nitrogen and oxygen atoms in total. The fourth-order valence-corrected chi connectivity index (χ4v) is 3.02. The number of fused-ring (bicyclic) bond motifs is 2. The van der Waals surface area contributed by atoms with Gasteiger partial charge in [-0.1, -0.05) is 83.5 Å². The smallest absolute Gasteiger partial charge is 0.00524 e. The molecule has 0 saturated carbocycles.